The zero-order chi connectivity index (χ0) is 24.4. The summed E-state index contributed by atoms with van der Waals surface area (Å²) in [6.07, 6.45) is -5.04. The summed E-state index contributed by atoms with van der Waals surface area (Å²) in [5, 5.41) is 8.54. The van der Waals surface area contributed by atoms with E-state index in [-0.39, 0.29) is 23.4 Å². The molecule has 2 heterocycles. The molecule has 0 radical (unpaired) electrons. The lowest BCUT2D eigenvalue weighted by molar-refractivity contribution is -0.140. The largest absolute Gasteiger partial charge is 0.497 e. The third kappa shape index (κ3) is 5.20. The minimum Gasteiger partial charge on any atom is -0.497 e. The van der Waals surface area contributed by atoms with Gasteiger partial charge in [-0.05, 0) is 41.5 Å². The van der Waals surface area contributed by atoms with Crippen LogP contribution in [-0.2, 0) is 29.4 Å². The predicted octanol–water partition coefficient (Wildman–Crippen LogP) is 3.67. The Labute approximate surface area is 185 Å². The number of alkyl halides is 3. The normalized spacial score (nSPS) is 12.0. The molecule has 0 aliphatic rings. The van der Waals surface area contributed by atoms with Crippen LogP contribution in [0.15, 0.2) is 53.7 Å². The Morgan fingerprint density at radius 2 is 1.82 bits per heavy atom. The van der Waals surface area contributed by atoms with Gasteiger partial charge < -0.3 is 9.84 Å². The predicted molar refractivity (Wildman–Crippen MR) is 106 cm³/mol. The summed E-state index contributed by atoms with van der Waals surface area (Å²) in [6.45, 7) is -1.08. The van der Waals surface area contributed by atoms with Gasteiger partial charge in [0.2, 0.25) is 5.95 Å². The van der Waals surface area contributed by atoms with Crippen LogP contribution in [0.3, 0.4) is 0 Å². The van der Waals surface area contributed by atoms with Crippen molar-refractivity contribution in [2.45, 2.75) is 24.4 Å². The summed E-state index contributed by atoms with van der Waals surface area (Å²) in [5.41, 5.74) is -1.36. The number of pyridine rings is 2. The molecule has 1 aromatic carbocycles. The number of sulfonamides is 1. The summed E-state index contributed by atoms with van der Waals surface area (Å²) < 4.78 is 99.0. The van der Waals surface area contributed by atoms with Crippen LogP contribution in [0.4, 0.5) is 27.8 Å². The van der Waals surface area contributed by atoms with Gasteiger partial charge in [0, 0.05) is 0 Å². The highest BCUT2D eigenvalue weighted by atomic mass is 32.2. The highest BCUT2D eigenvalue weighted by Crippen LogP contribution is 2.33. The number of aliphatic hydroxyl groups is 1. The van der Waals surface area contributed by atoms with Crippen molar-refractivity contribution in [2.75, 3.05) is 11.4 Å². The van der Waals surface area contributed by atoms with Gasteiger partial charge in [0.15, 0.2) is 10.8 Å². The molecule has 33 heavy (non-hydrogen) atoms. The summed E-state index contributed by atoms with van der Waals surface area (Å²) in [4.78, 5) is 6.82. The van der Waals surface area contributed by atoms with Gasteiger partial charge in [-0.1, -0.05) is 12.1 Å². The van der Waals surface area contributed by atoms with Crippen molar-refractivity contribution in [2.24, 2.45) is 0 Å². The lowest BCUT2D eigenvalue weighted by Crippen LogP contribution is -2.33. The lowest BCUT2D eigenvalue weighted by atomic mass is 10.1. The van der Waals surface area contributed by atoms with Crippen LogP contribution in [-0.4, -0.2) is 30.6 Å². The van der Waals surface area contributed by atoms with E-state index in [1.165, 1.54) is 25.3 Å². The molecule has 3 aromatic rings. The minimum absolute atomic E-state index is 0.0535. The molecule has 1 N–H and O–H groups in total. The van der Waals surface area contributed by atoms with Crippen LogP contribution < -0.4 is 9.04 Å². The molecule has 13 heteroatoms. The standard InChI is InChI=1S/C20H16F5N3O4S/c1-32-14-6-5-12(13(7-14)11-29)10-28(18-4-2-3-17(22)27-18)33(30,31)19-8-15(20(23,24)25)16(21)9-26-19/h2-9,29H,10-11H2,1H3. The summed E-state index contributed by atoms with van der Waals surface area (Å²) in [7, 11) is -3.52. The Morgan fingerprint density at radius 3 is 2.42 bits per heavy atom. The molecule has 0 aliphatic carbocycles. The molecule has 0 bridgehead atoms. The molecule has 0 saturated heterocycles. The highest BCUT2D eigenvalue weighted by molar-refractivity contribution is 7.92. The first-order valence-corrected chi connectivity index (χ1v) is 10.6. The lowest BCUT2D eigenvalue weighted by Gasteiger charge is -2.24. The molecule has 0 amide bonds. The maximum atomic E-state index is 13.8. The van der Waals surface area contributed by atoms with Crippen LogP contribution in [0.25, 0.3) is 0 Å². The topological polar surface area (TPSA) is 92.6 Å². The van der Waals surface area contributed by atoms with E-state index in [1.807, 2.05) is 0 Å². The fourth-order valence-electron chi connectivity index (χ4n) is 2.90. The fourth-order valence-corrected chi connectivity index (χ4v) is 4.24. The van der Waals surface area contributed by atoms with Crippen LogP contribution in [0.2, 0.25) is 0 Å². The quantitative estimate of drug-likeness (QED) is 0.402. The van der Waals surface area contributed by atoms with Crippen molar-refractivity contribution in [1.29, 1.82) is 0 Å². The van der Waals surface area contributed by atoms with Crippen molar-refractivity contribution in [3.05, 3.63) is 77.1 Å². The first kappa shape index (κ1) is 24.3. The molecule has 0 spiro atoms. The fraction of sp³-hybridized carbons (Fsp3) is 0.200. The second kappa shape index (κ2) is 9.27. The van der Waals surface area contributed by atoms with E-state index >= 15 is 0 Å². The van der Waals surface area contributed by atoms with Crippen molar-refractivity contribution in [1.82, 2.24) is 9.97 Å². The highest BCUT2D eigenvalue weighted by Gasteiger charge is 2.37. The molecule has 0 atom stereocenters. The van der Waals surface area contributed by atoms with E-state index < -0.39 is 57.5 Å². The van der Waals surface area contributed by atoms with Gasteiger partial charge in [0.25, 0.3) is 10.0 Å². The number of halogens is 5. The molecular formula is C20H16F5N3O4S. The van der Waals surface area contributed by atoms with Crippen molar-refractivity contribution in [3.63, 3.8) is 0 Å². The van der Waals surface area contributed by atoms with Crippen LogP contribution >= 0.6 is 0 Å². The van der Waals surface area contributed by atoms with Crippen molar-refractivity contribution in [3.8, 4) is 5.75 Å². The van der Waals surface area contributed by atoms with Gasteiger partial charge in [-0.2, -0.15) is 26.0 Å². The van der Waals surface area contributed by atoms with E-state index in [9.17, 15) is 35.5 Å². The van der Waals surface area contributed by atoms with E-state index in [0.717, 1.165) is 18.2 Å². The summed E-state index contributed by atoms with van der Waals surface area (Å²) in [6, 6.07) is 7.59. The van der Waals surface area contributed by atoms with Gasteiger partial charge in [0.1, 0.15) is 11.6 Å². The molecule has 3 rings (SSSR count). The third-order valence-electron chi connectivity index (χ3n) is 4.54. The van der Waals surface area contributed by atoms with Gasteiger partial charge in [-0.25, -0.2) is 18.7 Å². The van der Waals surface area contributed by atoms with Crippen molar-refractivity contribution < 1.29 is 40.2 Å². The van der Waals surface area contributed by atoms with Gasteiger partial charge in [-0.15, -0.1) is 0 Å². The molecule has 0 saturated carbocycles. The number of ether oxygens (including phenoxy) is 1. The number of nitrogens with zero attached hydrogens (tertiary/aromatic N) is 3. The monoisotopic (exact) mass is 489 g/mol. The molecule has 0 fully saturated rings. The van der Waals surface area contributed by atoms with E-state index in [4.69, 9.17) is 4.74 Å². The zero-order valence-corrected chi connectivity index (χ0v) is 17.7. The summed E-state index contributed by atoms with van der Waals surface area (Å²) in [5.74, 6) is -2.91. The van der Waals surface area contributed by atoms with E-state index in [0.29, 0.717) is 10.1 Å². The number of benzene rings is 1. The Morgan fingerprint density at radius 1 is 1.09 bits per heavy atom. The molecule has 176 valence electrons. The number of aliphatic hydroxyl groups excluding tert-OH is 1. The number of hydrogen-bond acceptors (Lipinski definition) is 6. The molecule has 7 nitrogen and oxygen atoms in total. The van der Waals surface area contributed by atoms with Gasteiger partial charge in [0.05, 0.1) is 32.0 Å². The zero-order valence-electron chi connectivity index (χ0n) is 16.8. The number of anilines is 1. The maximum Gasteiger partial charge on any atom is 0.419 e. The van der Waals surface area contributed by atoms with Crippen LogP contribution in [0.5, 0.6) is 5.75 Å². The SMILES string of the molecule is COc1ccc(CN(c2cccc(F)n2)S(=O)(=O)c2cc(C(F)(F)F)c(F)cn2)c(CO)c1. The average molecular weight is 489 g/mol. The number of methoxy groups -OCH3 is 1. The van der Waals surface area contributed by atoms with Crippen LogP contribution in [0, 0.1) is 11.8 Å². The number of hydrogen-bond donors (Lipinski definition) is 1. The average Bonchev–Trinajstić information content (AvgIpc) is 2.76. The number of rotatable bonds is 7. The molecular weight excluding hydrogens is 473 g/mol. The molecule has 2 aromatic heterocycles. The Bertz CT molecular complexity index is 1270. The summed E-state index contributed by atoms with van der Waals surface area (Å²) >= 11 is 0. The smallest absolute Gasteiger partial charge is 0.419 e. The number of aromatic nitrogens is 2. The first-order valence-electron chi connectivity index (χ1n) is 9.12. The molecule has 0 unspecified atom stereocenters. The first-order chi connectivity index (χ1) is 15.5. The molecule has 0 aliphatic heterocycles. The third-order valence-corrected chi connectivity index (χ3v) is 6.19. The maximum absolute atomic E-state index is 13.8. The minimum atomic E-state index is -5.18. The Kier molecular flexibility index (Phi) is 6.84. The van der Waals surface area contributed by atoms with Gasteiger partial charge in [-0.3, -0.25) is 0 Å². The van der Waals surface area contributed by atoms with Crippen LogP contribution in [0.1, 0.15) is 16.7 Å². The van der Waals surface area contributed by atoms with Crippen molar-refractivity contribution >= 4 is 15.8 Å². The Hall–Kier alpha value is -3.32. The second-order valence-corrected chi connectivity index (χ2v) is 8.43. The Balaban J connectivity index is 2.17. The van der Waals surface area contributed by atoms with E-state index in [1.54, 1.807) is 0 Å². The van der Waals surface area contributed by atoms with E-state index in [2.05, 4.69) is 9.97 Å². The second-order valence-electron chi connectivity index (χ2n) is 6.62. The van der Waals surface area contributed by atoms with Gasteiger partial charge >= 0.3 is 6.18 Å².